The second-order valence-corrected chi connectivity index (χ2v) is 8.55. The van der Waals surface area contributed by atoms with Gasteiger partial charge in [-0.2, -0.15) is 0 Å². The van der Waals surface area contributed by atoms with Crippen molar-refractivity contribution >= 4 is 32.6 Å². The predicted molar refractivity (Wildman–Crippen MR) is 109 cm³/mol. The molecule has 1 fully saturated rings. The van der Waals surface area contributed by atoms with Gasteiger partial charge in [-0.05, 0) is 37.0 Å². The highest BCUT2D eigenvalue weighted by atomic mass is 32.1. The van der Waals surface area contributed by atoms with E-state index in [0.717, 1.165) is 28.4 Å². The number of hydrogen-bond donors (Lipinski definition) is 1. The first-order chi connectivity index (χ1) is 13.5. The summed E-state index contributed by atoms with van der Waals surface area (Å²) in [5.41, 5.74) is 1.11. The molecule has 0 radical (unpaired) electrons. The molecule has 0 bridgehead atoms. The van der Waals surface area contributed by atoms with E-state index in [2.05, 4.69) is 4.98 Å². The predicted octanol–water partition coefficient (Wildman–Crippen LogP) is 2.14. The maximum Gasteiger partial charge on any atom is 0.331 e. The lowest BCUT2D eigenvalue weighted by atomic mass is 10.2. The molecule has 3 aromatic heterocycles. The van der Waals surface area contributed by atoms with Gasteiger partial charge in [-0.25, -0.2) is 9.78 Å². The topological polar surface area (TPSA) is 82.1 Å². The molecule has 7 nitrogen and oxygen atoms in total. The maximum atomic E-state index is 12.6. The molecule has 1 aliphatic carbocycles. The Labute approximate surface area is 164 Å². The van der Waals surface area contributed by atoms with Crippen molar-refractivity contribution in [3.63, 3.8) is 0 Å². The number of aliphatic hydroxyl groups is 1. The third-order valence-electron chi connectivity index (χ3n) is 5.50. The van der Waals surface area contributed by atoms with Crippen LogP contribution in [-0.2, 0) is 20.6 Å². The van der Waals surface area contributed by atoms with Crippen molar-refractivity contribution in [2.45, 2.75) is 25.5 Å². The molecule has 0 amide bonds. The summed E-state index contributed by atoms with van der Waals surface area (Å²) in [6, 6.07) is 9.40. The Morgan fingerprint density at radius 1 is 1.21 bits per heavy atom. The van der Waals surface area contributed by atoms with E-state index in [1.807, 2.05) is 35.9 Å². The Morgan fingerprint density at radius 3 is 2.68 bits per heavy atom. The lowest BCUT2D eigenvalue weighted by Crippen LogP contribution is -2.37. The summed E-state index contributed by atoms with van der Waals surface area (Å²) in [6.07, 6.45) is 1.25. The van der Waals surface area contributed by atoms with Gasteiger partial charge in [0.05, 0.1) is 16.4 Å². The highest BCUT2D eigenvalue weighted by Gasteiger charge is 2.26. The van der Waals surface area contributed by atoms with Crippen LogP contribution in [0.3, 0.4) is 0 Å². The molecule has 0 aliphatic heterocycles. The fourth-order valence-corrected chi connectivity index (χ4v) is 4.82. The van der Waals surface area contributed by atoms with Gasteiger partial charge in [0.25, 0.3) is 5.56 Å². The van der Waals surface area contributed by atoms with Gasteiger partial charge in [-0.3, -0.25) is 13.9 Å². The van der Waals surface area contributed by atoms with E-state index in [0.29, 0.717) is 33.4 Å². The Balaban J connectivity index is 1.68. The third kappa shape index (κ3) is 2.56. The molecule has 144 valence electrons. The molecule has 1 N–H and O–H groups in total. The molecular weight excluding hydrogens is 376 g/mol. The quantitative estimate of drug-likeness (QED) is 0.573. The van der Waals surface area contributed by atoms with Gasteiger partial charge >= 0.3 is 5.69 Å². The number of hydrogen-bond acceptors (Lipinski definition) is 5. The number of fused-ring (bicyclic) bond motifs is 2. The number of rotatable bonds is 4. The normalized spacial score (nSPS) is 15.5. The first-order valence-corrected chi connectivity index (χ1v) is 10.1. The molecule has 28 heavy (non-hydrogen) atoms. The van der Waals surface area contributed by atoms with Crippen molar-refractivity contribution in [2.75, 3.05) is 0 Å². The lowest BCUT2D eigenvalue weighted by molar-refractivity contribution is 0.210. The number of aryl methyl sites for hydroxylation is 1. The first kappa shape index (κ1) is 17.4. The van der Waals surface area contributed by atoms with Gasteiger partial charge in [-0.15, -0.1) is 11.3 Å². The van der Waals surface area contributed by atoms with Gasteiger partial charge < -0.3 is 9.67 Å². The summed E-state index contributed by atoms with van der Waals surface area (Å²) < 4.78 is 4.70. The van der Waals surface area contributed by atoms with Gasteiger partial charge in [0.2, 0.25) is 0 Å². The molecule has 1 aliphatic rings. The fourth-order valence-electron chi connectivity index (χ4n) is 3.68. The maximum absolute atomic E-state index is 12.6. The lowest BCUT2D eigenvalue weighted by Gasteiger charge is -2.09. The molecule has 3 heterocycles. The average Bonchev–Trinajstić information content (AvgIpc) is 3.31. The van der Waals surface area contributed by atoms with E-state index in [4.69, 9.17) is 0 Å². The number of benzene rings is 1. The number of aliphatic hydroxyl groups excluding tert-OH is 1. The second-order valence-electron chi connectivity index (χ2n) is 7.49. The van der Waals surface area contributed by atoms with E-state index in [-0.39, 0.29) is 11.2 Å². The minimum Gasteiger partial charge on any atom is -0.380 e. The summed E-state index contributed by atoms with van der Waals surface area (Å²) in [5.74, 6) is 1.01. The van der Waals surface area contributed by atoms with Gasteiger partial charge in [0.15, 0.2) is 0 Å². The second kappa shape index (κ2) is 6.15. The summed E-state index contributed by atoms with van der Waals surface area (Å²) in [4.78, 5) is 31.1. The van der Waals surface area contributed by atoms with Crippen molar-refractivity contribution in [1.82, 2.24) is 18.7 Å². The van der Waals surface area contributed by atoms with Crippen LogP contribution in [0.5, 0.6) is 0 Å². The first-order valence-electron chi connectivity index (χ1n) is 9.28. The molecule has 1 aromatic carbocycles. The van der Waals surface area contributed by atoms with Crippen molar-refractivity contribution in [2.24, 2.45) is 20.0 Å². The van der Waals surface area contributed by atoms with Gasteiger partial charge in [0, 0.05) is 25.5 Å². The van der Waals surface area contributed by atoms with Crippen LogP contribution in [0.2, 0.25) is 0 Å². The molecule has 0 spiro atoms. The minimum absolute atomic E-state index is 0.296. The highest BCUT2D eigenvalue weighted by Crippen LogP contribution is 2.35. The molecule has 1 unspecified atom stereocenters. The number of thiophene rings is 1. The Bertz CT molecular complexity index is 1340. The minimum atomic E-state index is -0.969. The average molecular weight is 396 g/mol. The zero-order valence-corrected chi connectivity index (χ0v) is 16.4. The van der Waals surface area contributed by atoms with Crippen molar-refractivity contribution in [1.29, 1.82) is 0 Å². The van der Waals surface area contributed by atoms with Crippen molar-refractivity contribution in [3.8, 4) is 0 Å². The molecular formula is C20H20N4O3S. The molecule has 1 saturated carbocycles. The highest BCUT2D eigenvalue weighted by molar-refractivity contribution is 7.18. The number of aromatic nitrogens is 4. The molecule has 0 saturated heterocycles. The Kier molecular flexibility index (Phi) is 3.82. The van der Waals surface area contributed by atoms with E-state index in [1.54, 1.807) is 10.6 Å². The summed E-state index contributed by atoms with van der Waals surface area (Å²) in [7, 11) is 3.37. The van der Waals surface area contributed by atoms with E-state index in [1.165, 1.54) is 18.4 Å². The number of para-hydroxylation sites is 2. The number of imidazole rings is 1. The van der Waals surface area contributed by atoms with Crippen LogP contribution in [0, 0.1) is 5.92 Å². The largest absolute Gasteiger partial charge is 0.380 e. The van der Waals surface area contributed by atoms with E-state index < -0.39 is 6.10 Å². The van der Waals surface area contributed by atoms with Crippen LogP contribution < -0.4 is 11.2 Å². The summed E-state index contributed by atoms with van der Waals surface area (Å²) >= 11 is 1.30. The van der Waals surface area contributed by atoms with Crippen molar-refractivity contribution in [3.05, 3.63) is 61.9 Å². The van der Waals surface area contributed by atoms with E-state index in [9.17, 15) is 14.7 Å². The zero-order valence-electron chi connectivity index (χ0n) is 15.6. The molecule has 8 heteroatoms. The van der Waals surface area contributed by atoms with Crippen LogP contribution in [0.25, 0.3) is 21.3 Å². The third-order valence-corrected chi connectivity index (χ3v) is 6.71. The van der Waals surface area contributed by atoms with Gasteiger partial charge in [0.1, 0.15) is 16.8 Å². The Hall–Kier alpha value is -2.71. The summed E-state index contributed by atoms with van der Waals surface area (Å²) in [5, 5.41) is 11.5. The van der Waals surface area contributed by atoms with E-state index >= 15 is 0 Å². The zero-order chi connectivity index (χ0) is 19.6. The molecule has 1 atom stereocenters. The molecule has 4 aromatic rings. The monoisotopic (exact) mass is 396 g/mol. The molecule has 5 rings (SSSR count). The summed E-state index contributed by atoms with van der Waals surface area (Å²) in [6.45, 7) is 0.617. The van der Waals surface area contributed by atoms with Crippen LogP contribution >= 0.6 is 11.3 Å². The smallest absolute Gasteiger partial charge is 0.331 e. The fraction of sp³-hybridized carbons (Fsp3) is 0.350. The number of nitrogens with zero attached hydrogens (tertiary/aromatic N) is 4. The van der Waals surface area contributed by atoms with Crippen molar-refractivity contribution < 1.29 is 5.11 Å². The van der Waals surface area contributed by atoms with Crippen LogP contribution in [0.15, 0.2) is 39.9 Å². The van der Waals surface area contributed by atoms with Crippen LogP contribution in [0.4, 0.5) is 0 Å². The van der Waals surface area contributed by atoms with Crippen LogP contribution in [0.1, 0.15) is 29.6 Å². The Morgan fingerprint density at radius 2 is 1.96 bits per heavy atom. The standard InChI is InChI=1S/C20H20N4O3S/c1-22-14-6-4-3-5-13(14)21-17(22)16(25)15-9-12-18(26)23(2)20(27)24(19(12)28-15)10-11-7-8-11/h3-6,9,11,16,25H,7-8,10H2,1-2H3. The van der Waals surface area contributed by atoms with Gasteiger partial charge in [-0.1, -0.05) is 12.1 Å². The SMILES string of the molecule is Cn1c(=O)c2cc(C(O)c3nc4ccccc4n3C)sc2n(CC2CC2)c1=O. The van der Waals surface area contributed by atoms with Crippen LogP contribution in [-0.4, -0.2) is 23.8 Å².